The number of fused-ring (bicyclic) bond motifs is 2. The monoisotopic (exact) mass is 572 g/mol. The molecule has 0 saturated carbocycles. The number of hydrogen-bond acceptors (Lipinski definition) is 7. The number of benzene rings is 1. The number of ether oxygens (including phenoxy) is 2. The lowest BCUT2D eigenvalue weighted by Gasteiger charge is -2.26. The van der Waals surface area contributed by atoms with E-state index in [9.17, 15) is 18.0 Å². The van der Waals surface area contributed by atoms with Crippen LogP contribution in [0.3, 0.4) is 0 Å². The minimum absolute atomic E-state index is 0.0729. The molecular weight excluding hydrogens is 537 g/mol. The van der Waals surface area contributed by atoms with Crippen molar-refractivity contribution in [3.63, 3.8) is 0 Å². The third kappa shape index (κ3) is 6.19. The van der Waals surface area contributed by atoms with Gasteiger partial charge in [-0.25, -0.2) is 0 Å². The van der Waals surface area contributed by atoms with E-state index in [-0.39, 0.29) is 41.9 Å². The third-order valence-corrected chi connectivity index (χ3v) is 8.41. The summed E-state index contributed by atoms with van der Waals surface area (Å²) in [6.45, 7) is 4.72. The Balaban J connectivity index is 1.14. The highest BCUT2D eigenvalue weighted by molar-refractivity contribution is 5.92. The van der Waals surface area contributed by atoms with Crippen molar-refractivity contribution in [1.29, 1.82) is 0 Å². The Bertz CT molecular complexity index is 1390. The lowest BCUT2D eigenvalue weighted by atomic mass is 10.1. The van der Waals surface area contributed by atoms with Crippen molar-refractivity contribution in [2.75, 3.05) is 38.2 Å². The van der Waals surface area contributed by atoms with Crippen molar-refractivity contribution >= 4 is 22.6 Å². The summed E-state index contributed by atoms with van der Waals surface area (Å²) in [6, 6.07) is 5.62. The number of likely N-dealkylation sites (tertiary alicyclic amines) is 1. The molecule has 0 radical (unpaired) electrons. The van der Waals surface area contributed by atoms with Gasteiger partial charge in [-0.3, -0.25) is 19.8 Å². The van der Waals surface area contributed by atoms with Crippen LogP contribution in [0.1, 0.15) is 54.2 Å². The van der Waals surface area contributed by atoms with Gasteiger partial charge in [0.1, 0.15) is 0 Å². The summed E-state index contributed by atoms with van der Waals surface area (Å²) in [5, 5.41) is 13.1. The summed E-state index contributed by atoms with van der Waals surface area (Å²) < 4.78 is 52.0. The highest BCUT2D eigenvalue weighted by Crippen LogP contribution is 2.37. The van der Waals surface area contributed by atoms with Crippen molar-refractivity contribution in [2.24, 2.45) is 0 Å². The van der Waals surface area contributed by atoms with Crippen LogP contribution in [0.2, 0.25) is 0 Å². The first-order chi connectivity index (χ1) is 19.7. The molecule has 1 aromatic carbocycles. The molecule has 0 spiro atoms. The molecule has 3 aromatic rings. The molecule has 3 aliphatic rings. The molecule has 220 valence electrons. The minimum Gasteiger partial charge on any atom is -0.381 e. The molecule has 1 amide bonds. The Morgan fingerprint density at radius 1 is 1.20 bits per heavy atom. The van der Waals surface area contributed by atoms with Crippen molar-refractivity contribution in [1.82, 2.24) is 25.4 Å². The SMILES string of the molecule is Cc1cc2c(cn1)C(O[C@H]1CN(C3CCCOCC3)CC1NC(=O)CNc1n[nH]c3ccc(C(F)(F)F)cc13)CC2. The molecular formula is C29H35F3N6O3. The number of aryl methyl sites for hydroxylation is 2. The van der Waals surface area contributed by atoms with Gasteiger partial charge in [0.25, 0.3) is 0 Å². The fourth-order valence-electron chi connectivity index (χ4n) is 6.30. The number of aromatic nitrogens is 3. The van der Waals surface area contributed by atoms with Crippen LogP contribution in [0.25, 0.3) is 10.9 Å². The summed E-state index contributed by atoms with van der Waals surface area (Å²) in [5.41, 5.74) is 3.06. The lowest BCUT2D eigenvalue weighted by Crippen LogP contribution is -2.46. The first-order valence-corrected chi connectivity index (χ1v) is 14.3. The maximum Gasteiger partial charge on any atom is 0.416 e. The zero-order valence-corrected chi connectivity index (χ0v) is 23.0. The molecule has 3 N–H and O–H groups in total. The average Bonchev–Trinajstić information content (AvgIpc) is 3.57. The number of hydrogen-bond donors (Lipinski definition) is 3. The van der Waals surface area contributed by atoms with Crippen molar-refractivity contribution in [2.45, 2.75) is 69.5 Å². The smallest absolute Gasteiger partial charge is 0.381 e. The maximum atomic E-state index is 13.2. The summed E-state index contributed by atoms with van der Waals surface area (Å²) in [6.07, 6.45) is 1.96. The van der Waals surface area contributed by atoms with Crippen LogP contribution in [0.5, 0.6) is 0 Å². The second-order valence-corrected chi connectivity index (χ2v) is 11.2. The van der Waals surface area contributed by atoms with E-state index in [0.717, 1.165) is 68.7 Å². The van der Waals surface area contributed by atoms with Gasteiger partial charge in [-0.2, -0.15) is 18.3 Å². The van der Waals surface area contributed by atoms with Gasteiger partial charge in [0.15, 0.2) is 5.82 Å². The molecule has 2 fully saturated rings. The molecule has 4 heterocycles. The number of nitrogens with zero attached hydrogens (tertiary/aromatic N) is 3. The lowest BCUT2D eigenvalue weighted by molar-refractivity contribution is -0.137. The van der Waals surface area contributed by atoms with Crippen LogP contribution in [0, 0.1) is 6.92 Å². The van der Waals surface area contributed by atoms with Gasteiger partial charge < -0.3 is 20.1 Å². The van der Waals surface area contributed by atoms with Gasteiger partial charge in [-0.15, -0.1) is 0 Å². The number of halogens is 3. The fraction of sp³-hybridized carbons (Fsp3) is 0.552. The van der Waals surface area contributed by atoms with E-state index in [4.69, 9.17) is 9.47 Å². The van der Waals surface area contributed by atoms with E-state index >= 15 is 0 Å². The average molecular weight is 573 g/mol. The quantitative estimate of drug-likeness (QED) is 0.391. The van der Waals surface area contributed by atoms with Crippen molar-refractivity contribution < 1.29 is 27.4 Å². The predicted molar refractivity (Wildman–Crippen MR) is 146 cm³/mol. The molecule has 3 unspecified atom stereocenters. The molecule has 2 aliphatic heterocycles. The van der Waals surface area contributed by atoms with Gasteiger partial charge in [0.2, 0.25) is 5.91 Å². The van der Waals surface area contributed by atoms with E-state index in [2.05, 4.69) is 36.8 Å². The Kier molecular flexibility index (Phi) is 7.88. The molecule has 9 nitrogen and oxygen atoms in total. The number of carbonyl (C=O) groups excluding carboxylic acids is 1. The number of H-pyrrole nitrogens is 1. The summed E-state index contributed by atoms with van der Waals surface area (Å²) in [4.78, 5) is 20.0. The Hall–Kier alpha value is -3.22. The van der Waals surface area contributed by atoms with E-state index in [1.54, 1.807) is 0 Å². The Morgan fingerprint density at radius 3 is 2.93 bits per heavy atom. The van der Waals surface area contributed by atoms with Crippen LogP contribution in [0.15, 0.2) is 30.5 Å². The van der Waals surface area contributed by atoms with Crippen LogP contribution >= 0.6 is 0 Å². The number of amides is 1. The number of rotatable bonds is 7. The molecule has 2 saturated heterocycles. The summed E-state index contributed by atoms with van der Waals surface area (Å²) >= 11 is 0. The number of pyridine rings is 1. The summed E-state index contributed by atoms with van der Waals surface area (Å²) in [7, 11) is 0. The second kappa shape index (κ2) is 11.6. The normalized spacial score (nSPS) is 25.3. The number of anilines is 1. The minimum atomic E-state index is -4.47. The summed E-state index contributed by atoms with van der Waals surface area (Å²) in [5.74, 6) is -0.0761. The topological polar surface area (TPSA) is 104 Å². The van der Waals surface area contributed by atoms with Crippen molar-refractivity contribution in [3.8, 4) is 0 Å². The highest BCUT2D eigenvalue weighted by atomic mass is 19.4. The highest BCUT2D eigenvalue weighted by Gasteiger charge is 2.40. The first kappa shape index (κ1) is 27.9. The molecule has 2 aromatic heterocycles. The van der Waals surface area contributed by atoms with E-state index < -0.39 is 11.7 Å². The zero-order valence-electron chi connectivity index (χ0n) is 23.0. The Morgan fingerprint density at radius 2 is 2.07 bits per heavy atom. The second-order valence-electron chi connectivity index (χ2n) is 11.2. The number of nitrogens with one attached hydrogen (secondary N) is 3. The third-order valence-electron chi connectivity index (χ3n) is 8.41. The molecule has 6 rings (SSSR count). The van der Waals surface area contributed by atoms with Crippen molar-refractivity contribution in [3.05, 3.63) is 52.8 Å². The predicted octanol–water partition coefficient (Wildman–Crippen LogP) is 4.14. The number of alkyl halides is 3. The van der Waals surface area contributed by atoms with E-state index in [0.29, 0.717) is 24.6 Å². The van der Waals surface area contributed by atoms with E-state index in [1.807, 2.05) is 13.1 Å². The Labute approximate surface area is 236 Å². The maximum absolute atomic E-state index is 13.2. The van der Waals surface area contributed by atoms with Crippen LogP contribution < -0.4 is 10.6 Å². The fourth-order valence-corrected chi connectivity index (χ4v) is 6.30. The molecule has 0 bridgehead atoms. The molecule has 12 heteroatoms. The van der Waals surface area contributed by atoms with E-state index in [1.165, 1.54) is 11.6 Å². The number of carbonyl (C=O) groups is 1. The van der Waals surface area contributed by atoms with Crippen LogP contribution in [-0.2, 0) is 26.9 Å². The van der Waals surface area contributed by atoms with Gasteiger partial charge in [-0.05, 0) is 68.9 Å². The van der Waals surface area contributed by atoms with Gasteiger partial charge >= 0.3 is 6.18 Å². The molecule has 1 aliphatic carbocycles. The number of aromatic amines is 1. The van der Waals surface area contributed by atoms with Gasteiger partial charge in [0.05, 0.1) is 35.9 Å². The van der Waals surface area contributed by atoms with Crippen LogP contribution in [0.4, 0.5) is 19.0 Å². The molecule has 41 heavy (non-hydrogen) atoms. The largest absolute Gasteiger partial charge is 0.416 e. The van der Waals surface area contributed by atoms with Crippen LogP contribution in [-0.4, -0.2) is 77.0 Å². The molecule has 4 atom stereocenters. The van der Waals surface area contributed by atoms with Gasteiger partial charge in [0, 0.05) is 55.2 Å². The first-order valence-electron chi connectivity index (χ1n) is 14.3. The standard InChI is InChI=1S/C29H35F3N6O3/c1-17-11-18-4-7-25(22(18)13-33-17)41-26-16-38(20-3-2-9-40-10-8-20)15-24(26)35-27(39)14-34-28-21-12-19(29(30,31)32)5-6-23(21)36-37-28/h5-6,11-13,20,24-26H,2-4,7-10,14-16H2,1H3,(H,35,39)(H2,34,36,37)/t20?,24?,25?,26-/m0/s1. The van der Waals surface area contributed by atoms with Gasteiger partial charge in [-0.1, -0.05) is 0 Å². The zero-order chi connectivity index (χ0) is 28.6.